The number of nitrogens with one attached hydrogen (secondary N) is 2. The quantitative estimate of drug-likeness (QED) is 0.338. The molecule has 1 heterocycles. The van der Waals surface area contributed by atoms with Crippen LogP contribution in [0.2, 0.25) is 0 Å². The molecular formula is C18H26IN3O2S. The first-order valence-corrected chi connectivity index (χ1v) is 9.08. The molecule has 5 nitrogen and oxygen atoms in total. The fourth-order valence-corrected chi connectivity index (χ4v) is 2.90. The van der Waals surface area contributed by atoms with Gasteiger partial charge in [-0.2, -0.15) is 11.3 Å². The van der Waals surface area contributed by atoms with E-state index >= 15 is 0 Å². The Labute approximate surface area is 170 Å². The van der Waals surface area contributed by atoms with Gasteiger partial charge in [0.05, 0.1) is 13.7 Å². The number of hydrogen-bond donors (Lipinski definition) is 2. The van der Waals surface area contributed by atoms with E-state index in [1.165, 1.54) is 5.56 Å². The van der Waals surface area contributed by atoms with Crippen LogP contribution in [0.1, 0.15) is 19.4 Å². The van der Waals surface area contributed by atoms with Crippen LogP contribution in [0, 0.1) is 0 Å². The summed E-state index contributed by atoms with van der Waals surface area (Å²) in [6.07, 6.45) is 0.937. The number of ether oxygens (including phenoxy) is 2. The summed E-state index contributed by atoms with van der Waals surface area (Å²) < 4.78 is 10.9. The van der Waals surface area contributed by atoms with Crippen LogP contribution >= 0.6 is 35.3 Å². The Morgan fingerprint density at radius 3 is 2.68 bits per heavy atom. The molecule has 0 atom stereocenters. The van der Waals surface area contributed by atoms with Gasteiger partial charge in [-0.15, -0.1) is 24.0 Å². The van der Waals surface area contributed by atoms with Crippen LogP contribution in [-0.2, 0) is 6.42 Å². The number of halogens is 1. The average molecular weight is 475 g/mol. The molecule has 0 aliphatic carbocycles. The third-order valence-electron chi connectivity index (χ3n) is 3.32. The minimum absolute atomic E-state index is 0. The number of anilines is 1. The topological polar surface area (TPSA) is 54.9 Å². The Morgan fingerprint density at radius 1 is 1.20 bits per heavy atom. The molecule has 0 aliphatic heterocycles. The predicted molar refractivity (Wildman–Crippen MR) is 117 cm³/mol. The lowest BCUT2D eigenvalue weighted by molar-refractivity contribution is 0.311. The van der Waals surface area contributed by atoms with E-state index in [1.54, 1.807) is 18.4 Å². The molecule has 0 bridgehead atoms. The Kier molecular flexibility index (Phi) is 10.3. The van der Waals surface area contributed by atoms with Crippen molar-refractivity contribution in [1.29, 1.82) is 0 Å². The van der Waals surface area contributed by atoms with Gasteiger partial charge in [0, 0.05) is 24.8 Å². The molecule has 1 aromatic carbocycles. The van der Waals surface area contributed by atoms with Crippen molar-refractivity contribution >= 4 is 47.0 Å². The Bertz CT molecular complexity index is 648. The predicted octanol–water partition coefficient (Wildman–Crippen LogP) is 4.39. The van der Waals surface area contributed by atoms with E-state index in [0.29, 0.717) is 6.61 Å². The van der Waals surface area contributed by atoms with Crippen molar-refractivity contribution in [3.63, 3.8) is 0 Å². The molecule has 2 N–H and O–H groups in total. The lowest BCUT2D eigenvalue weighted by atomic mass is 10.2. The lowest BCUT2D eigenvalue weighted by Crippen LogP contribution is -2.30. The maximum Gasteiger partial charge on any atom is 0.195 e. The number of guanidine groups is 1. The lowest BCUT2D eigenvalue weighted by Gasteiger charge is -2.14. The van der Waals surface area contributed by atoms with E-state index in [9.17, 15) is 0 Å². The molecule has 2 rings (SSSR count). The van der Waals surface area contributed by atoms with Gasteiger partial charge >= 0.3 is 0 Å². The fourth-order valence-electron chi connectivity index (χ4n) is 2.20. The molecule has 0 unspecified atom stereocenters. The van der Waals surface area contributed by atoms with Gasteiger partial charge in [-0.1, -0.05) is 0 Å². The molecule has 0 saturated heterocycles. The Balaban J connectivity index is 0.00000312. The zero-order valence-electron chi connectivity index (χ0n) is 14.9. The molecule has 2 aromatic rings. The first kappa shape index (κ1) is 21.6. The summed E-state index contributed by atoms with van der Waals surface area (Å²) in [5, 5.41) is 10.8. The third kappa shape index (κ3) is 7.11. The average Bonchev–Trinajstić information content (AvgIpc) is 3.09. The molecule has 1 aromatic heterocycles. The zero-order valence-corrected chi connectivity index (χ0v) is 18.0. The van der Waals surface area contributed by atoms with E-state index in [1.807, 2.05) is 25.1 Å². The second-order valence-corrected chi connectivity index (χ2v) is 5.85. The van der Waals surface area contributed by atoms with Crippen LogP contribution in [0.3, 0.4) is 0 Å². The number of hydrogen-bond acceptors (Lipinski definition) is 4. The number of thiophene rings is 1. The first-order chi connectivity index (χ1) is 11.8. The first-order valence-electron chi connectivity index (χ1n) is 8.14. The van der Waals surface area contributed by atoms with Crippen molar-refractivity contribution in [2.24, 2.45) is 4.99 Å². The van der Waals surface area contributed by atoms with E-state index in [-0.39, 0.29) is 24.0 Å². The van der Waals surface area contributed by atoms with Crippen molar-refractivity contribution in [3.05, 3.63) is 40.6 Å². The maximum atomic E-state index is 5.62. The van der Waals surface area contributed by atoms with Crippen LogP contribution in [0.15, 0.2) is 40.0 Å². The van der Waals surface area contributed by atoms with Crippen molar-refractivity contribution in [2.75, 3.05) is 32.1 Å². The van der Waals surface area contributed by atoms with Crippen LogP contribution in [0.25, 0.3) is 0 Å². The second kappa shape index (κ2) is 12.0. The fraction of sp³-hybridized carbons (Fsp3) is 0.389. The SMILES string of the molecule is CCNC(=NCCc1ccsc1)Nc1ccc(OC)c(OCC)c1.I. The zero-order chi connectivity index (χ0) is 17.2. The van der Waals surface area contributed by atoms with Gasteiger partial charge in [0.1, 0.15) is 0 Å². The monoisotopic (exact) mass is 475 g/mol. The highest BCUT2D eigenvalue weighted by atomic mass is 127. The number of rotatable bonds is 8. The summed E-state index contributed by atoms with van der Waals surface area (Å²) in [5.74, 6) is 2.21. The van der Waals surface area contributed by atoms with Gasteiger partial charge in [0.25, 0.3) is 0 Å². The normalized spacial score (nSPS) is 10.8. The highest BCUT2D eigenvalue weighted by Crippen LogP contribution is 2.30. The second-order valence-electron chi connectivity index (χ2n) is 5.07. The van der Waals surface area contributed by atoms with E-state index in [0.717, 1.165) is 42.7 Å². The molecule has 0 amide bonds. The summed E-state index contributed by atoms with van der Waals surface area (Å²) in [6.45, 7) is 6.14. The highest BCUT2D eigenvalue weighted by Gasteiger charge is 2.07. The van der Waals surface area contributed by atoms with Crippen molar-refractivity contribution in [1.82, 2.24) is 5.32 Å². The summed E-state index contributed by atoms with van der Waals surface area (Å²) in [5.41, 5.74) is 2.23. The Hall–Kier alpha value is -1.48. The number of benzene rings is 1. The molecular weight excluding hydrogens is 449 g/mol. The largest absolute Gasteiger partial charge is 0.493 e. The number of nitrogens with zero attached hydrogens (tertiary/aromatic N) is 1. The molecule has 0 saturated carbocycles. The van der Waals surface area contributed by atoms with Gasteiger partial charge in [-0.25, -0.2) is 0 Å². The van der Waals surface area contributed by atoms with Gasteiger partial charge < -0.3 is 20.1 Å². The summed E-state index contributed by atoms with van der Waals surface area (Å²) in [7, 11) is 1.64. The summed E-state index contributed by atoms with van der Waals surface area (Å²) in [6, 6.07) is 7.90. The highest BCUT2D eigenvalue weighted by molar-refractivity contribution is 14.0. The molecule has 0 spiro atoms. The van der Waals surface area contributed by atoms with Crippen LogP contribution in [-0.4, -0.2) is 32.8 Å². The van der Waals surface area contributed by atoms with Gasteiger partial charge in [-0.3, -0.25) is 4.99 Å². The molecule has 25 heavy (non-hydrogen) atoms. The standard InChI is InChI=1S/C18H25N3O2S.HI/c1-4-19-18(20-10-8-14-9-11-24-13-14)21-15-6-7-16(22-3)17(12-15)23-5-2;/h6-7,9,11-13H,4-5,8,10H2,1-3H3,(H2,19,20,21);1H. The van der Waals surface area contributed by atoms with Gasteiger partial charge in [0.2, 0.25) is 0 Å². The summed E-state index contributed by atoms with van der Waals surface area (Å²) >= 11 is 1.72. The van der Waals surface area contributed by atoms with Crippen molar-refractivity contribution < 1.29 is 9.47 Å². The van der Waals surface area contributed by atoms with Crippen molar-refractivity contribution in [3.8, 4) is 11.5 Å². The van der Waals surface area contributed by atoms with Crippen LogP contribution in [0.4, 0.5) is 5.69 Å². The van der Waals surface area contributed by atoms with Crippen LogP contribution < -0.4 is 20.1 Å². The molecule has 0 radical (unpaired) electrons. The van der Waals surface area contributed by atoms with Gasteiger partial charge in [-0.05, 0) is 54.8 Å². The smallest absolute Gasteiger partial charge is 0.195 e. The van der Waals surface area contributed by atoms with E-state index in [2.05, 4.69) is 39.4 Å². The molecule has 7 heteroatoms. The van der Waals surface area contributed by atoms with Crippen molar-refractivity contribution in [2.45, 2.75) is 20.3 Å². The summed E-state index contributed by atoms with van der Waals surface area (Å²) in [4.78, 5) is 4.63. The maximum absolute atomic E-state index is 5.62. The Morgan fingerprint density at radius 2 is 2.04 bits per heavy atom. The molecule has 0 aliphatic rings. The van der Waals surface area contributed by atoms with Gasteiger partial charge in [0.15, 0.2) is 17.5 Å². The third-order valence-corrected chi connectivity index (χ3v) is 4.05. The van der Waals surface area contributed by atoms with Crippen LogP contribution in [0.5, 0.6) is 11.5 Å². The molecule has 0 fully saturated rings. The molecule has 138 valence electrons. The number of aliphatic imine (C=N–C) groups is 1. The minimum Gasteiger partial charge on any atom is -0.493 e. The van der Waals surface area contributed by atoms with E-state index in [4.69, 9.17) is 9.47 Å². The van der Waals surface area contributed by atoms with E-state index < -0.39 is 0 Å². The minimum atomic E-state index is 0. The number of methoxy groups -OCH3 is 1.